The van der Waals surface area contributed by atoms with Gasteiger partial charge < -0.3 is 14.5 Å². The van der Waals surface area contributed by atoms with E-state index in [0.717, 1.165) is 39.6 Å². The molecule has 186 valence electrons. The standard InChI is InChI=1S/C28H27FN2O4S/c1-34-25-15-21-18(13-26(25)35-16-17-7-9-19(10-8-17)36(2,32)33)11-12-31-24(21)14-22-20-5-3-4-6-23(20)30-27(22)28(31)29/h3-10,13,15,24,28,30H,11-12,14,16H2,1-2H3. The number of ether oxygens (including phenoxy) is 2. The largest absolute Gasteiger partial charge is 0.493 e. The molecule has 36 heavy (non-hydrogen) atoms. The van der Waals surface area contributed by atoms with Crippen molar-refractivity contribution in [3.63, 3.8) is 0 Å². The van der Waals surface area contributed by atoms with E-state index in [0.29, 0.717) is 30.2 Å². The molecule has 2 atom stereocenters. The Morgan fingerprint density at radius 3 is 2.61 bits per heavy atom. The van der Waals surface area contributed by atoms with Gasteiger partial charge >= 0.3 is 0 Å². The van der Waals surface area contributed by atoms with Gasteiger partial charge in [0.05, 0.1) is 17.7 Å². The minimum absolute atomic E-state index is 0.0815. The Kier molecular flexibility index (Phi) is 5.53. The monoisotopic (exact) mass is 506 g/mol. The number of methoxy groups -OCH3 is 1. The molecule has 6 rings (SSSR count). The summed E-state index contributed by atoms with van der Waals surface area (Å²) in [5, 5.41) is 1.08. The number of hydrogen-bond donors (Lipinski definition) is 1. The molecule has 2 aliphatic rings. The van der Waals surface area contributed by atoms with Crippen molar-refractivity contribution in [2.24, 2.45) is 0 Å². The van der Waals surface area contributed by atoms with Crippen molar-refractivity contribution in [3.8, 4) is 11.5 Å². The van der Waals surface area contributed by atoms with Crippen LogP contribution in [-0.4, -0.2) is 38.2 Å². The van der Waals surface area contributed by atoms with Gasteiger partial charge in [-0.05, 0) is 65.4 Å². The molecule has 3 heterocycles. The number of hydrogen-bond acceptors (Lipinski definition) is 5. The zero-order valence-corrected chi connectivity index (χ0v) is 20.9. The normalized spacial score (nSPS) is 19.4. The molecule has 0 aliphatic carbocycles. The molecule has 0 radical (unpaired) electrons. The van der Waals surface area contributed by atoms with Crippen molar-refractivity contribution in [2.75, 3.05) is 19.9 Å². The molecule has 0 saturated heterocycles. The number of fused-ring (bicyclic) bond motifs is 6. The van der Waals surface area contributed by atoms with Gasteiger partial charge in [0.1, 0.15) is 6.61 Å². The maximum absolute atomic E-state index is 15.7. The van der Waals surface area contributed by atoms with Gasteiger partial charge in [-0.3, -0.25) is 4.90 Å². The zero-order valence-electron chi connectivity index (χ0n) is 20.1. The number of nitrogens with one attached hydrogen (secondary N) is 1. The van der Waals surface area contributed by atoms with Crippen LogP contribution in [0.5, 0.6) is 11.5 Å². The molecular formula is C28H27FN2O4S. The summed E-state index contributed by atoms with van der Waals surface area (Å²) in [5.74, 6) is 1.22. The predicted octanol–water partition coefficient (Wildman–Crippen LogP) is 5.28. The number of halogens is 1. The fourth-order valence-corrected chi connectivity index (χ4v) is 6.13. The SMILES string of the molecule is COc1cc2c(cc1OCc1ccc(S(C)(=O)=O)cc1)CCN1C(F)c3[nH]c4ccccc4c3CC21. The first-order chi connectivity index (χ1) is 17.3. The van der Waals surface area contributed by atoms with E-state index < -0.39 is 16.1 Å². The third-order valence-electron chi connectivity index (χ3n) is 7.34. The van der Waals surface area contributed by atoms with Crippen LogP contribution in [0, 0.1) is 0 Å². The van der Waals surface area contributed by atoms with E-state index >= 15 is 4.39 Å². The summed E-state index contributed by atoms with van der Waals surface area (Å²) in [6, 6.07) is 18.6. The second-order valence-corrected chi connectivity index (χ2v) is 11.5. The quantitative estimate of drug-likeness (QED) is 0.373. The topological polar surface area (TPSA) is 71.6 Å². The van der Waals surface area contributed by atoms with Crippen molar-refractivity contribution in [3.05, 3.63) is 88.6 Å². The molecule has 1 aromatic heterocycles. The van der Waals surface area contributed by atoms with Crippen LogP contribution in [0.1, 0.15) is 40.3 Å². The van der Waals surface area contributed by atoms with Crippen molar-refractivity contribution in [1.82, 2.24) is 9.88 Å². The first-order valence-electron chi connectivity index (χ1n) is 12.0. The summed E-state index contributed by atoms with van der Waals surface area (Å²) < 4.78 is 50.9. The maximum atomic E-state index is 15.7. The Hall–Kier alpha value is -3.36. The van der Waals surface area contributed by atoms with Crippen molar-refractivity contribution >= 4 is 20.7 Å². The lowest BCUT2D eigenvalue weighted by molar-refractivity contribution is 0.0178. The Bertz CT molecular complexity index is 1560. The Labute approximate surface area is 209 Å². The van der Waals surface area contributed by atoms with Crippen LogP contribution in [0.2, 0.25) is 0 Å². The number of benzene rings is 3. The van der Waals surface area contributed by atoms with Crippen molar-refractivity contribution in [1.29, 1.82) is 0 Å². The summed E-state index contributed by atoms with van der Waals surface area (Å²) in [5.41, 5.74) is 5.74. The van der Waals surface area contributed by atoms with Crippen LogP contribution in [0.3, 0.4) is 0 Å². The molecule has 0 bridgehead atoms. The molecule has 4 aromatic rings. The number of para-hydroxylation sites is 1. The molecule has 0 spiro atoms. The summed E-state index contributed by atoms with van der Waals surface area (Å²) in [6.07, 6.45) is 1.44. The molecule has 3 aromatic carbocycles. The highest BCUT2D eigenvalue weighted by molar-refractivity contribution is 7.90. The molecule has 2 aliphatic heterocycles. The maximum Gasteiger partial charge on any atom is 0.195 e. The van der Waals surface area contributed by atoms with E-state index in [-0.39, 0.29) is 17.5 Å². The average molecular weight is 507 g/mol. The Morgan fingerprint density at radius 2 is 1.86 bits per heavy atom. The van der Waals surface area contributed by atoms with Crippen LogP contribution >= 0.6 is 0 Å². The van der Waals surface area contributed by atoms with E-state index in [1.54, 1.807) is 31.4 Å². The smallest absolute Gasteiger partial charge is 0.195 e. The van der Waals surface area contributed by atoms with Crippen LogP contribution < -0.4 is 9.47 Å². The molecule has 2 unspecified atom stereocenters. The van der Waals surface area contributed by atoms with Crippen LogP contribution in [0.4, 0.5) is 4.39 Å². The van der Waals surface area contributed by atoms with Gasteiger partial charge in [-0.2, -0.15) is 0 Å². The number of aromatic nitrogens is 1. The number of rotatable bonds is 5. The number of aromatic amines is 1. The lowest BCUT2D eigenvalue weighted by Gasteiger charge is -2.42. The van der Waals surface area contributed by atoms with E-state index in [9.17, 15) is 8.42 Å². The number of nitrogens with zero attached hydrogens (tertiary/aromatic N) is 1. The molecule has 0 amide bonds. The summed E-state index contributed by atoms with van der Waals surface area (Å²) in [6.45, 7) is 0.895. The van der Waals surface area contributed by atoms with Gasteiger partial charge in [-0.15, -0.1) is 0 Å². The Balaban J connectivity index is 1.29. The van der Waals surface area contributed by atoms with Gasteiger partial charge in [0.15, 0.2) is 27.6 Å². The molecule has 0 fully saturated rings. The third-order valence-corrected chi connectivity index (χ3v) is 8.47. The summed E-state index contributed by atoms with van der Waals surface area (Å²) in [4.78, 5) is 5.51. The molecule has 1 N–H and O–H groups in total. The van der Waals surface area contributed by atoms with E-state index in [4.69, 9.17) is 9.47 Å². The summed E-state index contributed by atoms with van der Waals surface area (Å²) in [7, 11) is -1.64. The van der Waals surface area contributed by atoms with E-state index in [1.807, 2.05) is 35.2 Å². The fraction of sp³-hybridized carbons (Fsp3) is 0.286. The van der Waals surface area contributed by atoms with Gasteiger partial charge in [-0.1, -0.05) is 30.3 Å². The first-order valence-corrected chi connectivity index (χ1v) is 13.8. The lowest BCUT2D eigenvalue weighted by atomic mass is 9.84. The first kappa shape index (κ1) is 23.1. The van der Waals surface area contributed by atoms with Crippen LogP contribution in [0.25, 0.3) is 10.9 Å². The molecule has 6 nitrogen and oxygen atoms in total. The predicted molar refractivity (Wildman–Crippen MR) is 136 cm³/mol. The van der Waals surface area contributed by atoms with E-state index in [2.05, 4.69) is 11.1 Å². The van der Waals surface area contributed by atoms with Gasteiger partial charge in [0.25, 0.3) is 0 Å². The molecule has 0 saturated carbocycles. The number of H-pyrrole nitrogens is 1. The minimum atomic E-state index is -3.24. The average Bonchev–Trinajstić information content (AvgIpc) is 3.25. The van der Waals surface area contributed by atoms with Crippen LogP contribution in [0.15, 0.2) is 65.6 Å². The third kappa shape index (κ3) is 3.85. The molecular weight excluding hydrogens is 479 g/mol. The fourth-order valence-electron chi connectivity index (χ4n) is 5.50. The number of sulfone groups is 1. The van der Waals surface area contributed by atoms with Gasteiger partial charge in [-0.25, -0.2) is 12.8 Å². The molecule has 8 heteroatoms. The highest BCUT2D eigenvalue weighted by Crippen LogP contribution is 2.48. The Morgan fingerprint density at radius 1 is 1.08 bits per heavy atom. The zero-order chi connectivity index (χ0) is 25.0. The van der Waals surface area contributed by atoms with Crippen molar-refractivity contribution in [2.45, 2.75) is 36.7 Å². The number of alkyl halides is 1. The van der Waals surface area contributed by atoms with Crippen LogP contribution in [-0.2, 0) is 29.3 Å². The minimum Gasteiger partial charge on any atom is -0.493 e. The summed E-state index contributed by atoms with van der Waals surface area (Å²) >= 11 is 0. The van der Waals surface area contributed by atoms with Gasteiger partial charge in [0.2, 0.25) is 0 Å². The van der Waals surface area contributed by atoms with E-state index in [1.165, 1.54) is 6.26 Å². The van der Waals surface area contributed by atoms with Gasteiger partial charge in [0, 0.05) is 29.7 Å². The second kappa shape index (κ2) is 8.64. The lowest BCUT2D eigenvalue weighted by Crippen LogP contribution is -2.41. The highest BCUT2D eigenvalue weighted by Gasteiger charge is 2.40. The second-order valence-electron chi connectivity index (χ2n) is 9.51. The van der Waals surface area contributed by atoms with Crippen molar-refractivity contribution < 1.29 is 22.3 Å². The highest BCUT2D eigenvalue weighted by atomic mass is 32.2.